The van der Waals surface area contributed by atoms with E-state index in [0.29, 0.717) is 17.2 Å². The summed E-state index contributed by atoms with van der Waals surface area (Å²) < 4.78 is 11.1. The summed E-state index contributed by atoms with van der Waals surface area (Å²) in [6, 6.07) is 4.36. The van der Waals surface area contributed by atoms with E-state index in [2.05, 4.69) is 0 Å². The molecule has 2 rings (SSSR count). The highest BCUT2D eigenvalue weighted by molar-refractivity contribution is 6.31. The lowest BCUT2D eigenvalue weighted by atomic mass is 10.1. The second-order valence-corrected chi connectivity index (χ2v) is 4.94. The average Bonchev–Trinajstić information content (AvgIpc) is 2.42. The maximum Gasteiger partial charge on any atom is 0.269 e. The van der Waals surface area contributed by atoms with Crippen LogP contribution >= 0.6 is 11.6 Å². The van der Waals surface area contributed by atoms with E-state index in [4.69, 9.17) is 21.1 Å². The van der Waals surface area contributed by atoms with Gasteiger partial charge in [0.1, 0.15) is 0 Å². The van der Waals surface area contributed by atoms with Gasteiger partial charge in [0.05, 0.1) is 24.2 Å². The second-order valence-electron chi connectivity index (χ2n) is 4.54. The molecular weight excluding hydrogens is 270 g/mol. The summed E-state index contributed by atoms with van der Waals surface area (Å²) in [5, 5.41) is 11.2. The molecule has 6 heteroatoms. The van der Waals surface area contributed by atoms with Crippen LogP contribution in [0, 0.1) is 10.1 Å². The van der Waals surface area contributed by atoms with Crippen molar-refractivity contribution < 1.29 is 14.4 Å². The van der Waals surface area contributed by atoms with Gasteiger partial charge in [-0.05, 0) is 25.3 Å². The number of nitro groups is 1. The standard InChI is InChI=1S/C13H16ClNO4/c14-13-5-4-11(15(16)17)7-10(13)8-18-9-12-3-1-2-6-19-12/h4-5,7,12H,1-3,6,8-9H2. The van der Waals surface area contributed by atoms with Crippen molar-refractivity contribution in [2.45, 2.75) is 32.0 Å². The number of non-ortho nitro benzene ring substituents is 1. The molecule has 19 heavy (non-hydrogen) atoms. The van der Waals surface area contributed by atoms with Crippen molar-refractivity contribution in [1.29, 1.82) is 0 Å². The molecule has 0 saturated carbocycles. The van der Waals surface area contributed by atoms with Gasteiger partial charge in [-0.25, -0.2) is 0 Å². The molecule has 0 bridgehead atoms. The lowest BCUT2D eigenvalue weighted by molar-refractivity contribution is -0.384. The molecule has 1 aliphatic heterocycles. The first kappa shape index (κ1) is 14.2. The Kier molecular flexibility index (Phi) is 5.13. The van der Waals surface area contributed by atoms with Gasteiger partial charge < -0.3 is 9.47 Å². The molecule has 1 fully saturated rings. The van der Waals surface area contributed by atoms with E-state index in [1.807, 2.05) is 0 Å². The van der Waals surface area contributed by atoms with E-state index < -0.39 is 4.92 Å². The van der Waals surface area contributed by atoms with Crippen LogP contribution < -0.4 is 0 Å². The minimum absolute atomic E-state index is 0.0249. The summed E-state index contributed by atoms with van der Waals surface area (Å²) in [5.74, 6) is 0. The smallest absolute Gasteiger partial charge is 0.269 e. The van der Waals surface area contributed by atoms with Crippen molar-refractivity contribution in [2.24, 2.45) is 0 Å². The van der Waals surface area contributed by atoms with Gasteiger partial charge in [-0.2, -0.15) is 0 Å². The average molecular weight is 286 g/mol. The number of nitrogens with zero attached hydrogens (tertiary/aromatic N) is 1. The van der Waals surface area contributed by atoms with Crippen molar-refractivity contribution in [2.75, 3.05) is 13.2 Å². The fourth-order valence-corrected chi connectivity index (χ4v) is 2.20. The highest BCUT2D eigenvalue weighted by Crippen LogP contribution is 2.23. The maximum atomic E-state index is 10.7. The number of rotatable bonds is 5. The number of hydrogen-bond donors (Lipinski definition) is 0. The predicted molar refractivity (Wildman–Crippen MR) is 71.4 cm³/mol. The first-order valence-electron chi connectivity index (χ1n) is 6.29. The third kappa shape index (κ3) is 4.16. The maximum absolute atomic E-state index is 10.7. The molecule has 0 N–H and O–H groups in total. The van der Waals surface area contributed by atoms with Crippen LogP contribution in [-0.2, 0) is 16.1 Å². The molecule has 0 aromatic heterocycles. The topological polar surface area (TPSA) is 61.6 Å². The minimum Gasteiger partial charge on any atom is -0.376 e. The summed E-state index contributed by atoms with van der Waals surface area (Å²) in [6.07, 6.45) is 3.40. The molecule has 1 aliphatic rings. The fraction of sp³-hybridized carbons (Fsp3) is 0.538. The molecule has 1 saturated heterocycles. The van der Waals surface area contributed by atoms with E-state index in [-0.39, 0.29) is 18.4 Å². The molecule has 0 aliphatic carbocycles. The van der Waals surface area contributed by atoms with E-state index >= 15 is 0 Å². The van der Waals surface area contributed by atoms with Gasteiger partial charge in [-0.1, -0.05) is 11.6 Å². The Morgan fingerprint density at radius 1 is 1.47 bits per heavy atom. The second kappa shape index (κ2) is 6.84. The quantitative estimate of drug-likeness (QED) is 0.615. The number of halogens is 1. The van der Waals surface area contributed by atoms with Crippen LogP contribution in [0.2, 0.25) is 5.02 Å². The highest BCUT2D eigenvalue weighted by Gasteiger charge is 2.15. The largest absolute Gasteiger partial charge is 0.376 e. The lowest BCUT2D eigenvalue weighted by Gasteiger charge is -2.22. The lowest BCUT2D eigenvalue weighted by Crippen LogP contribution is -2.24. The van der Waals surface area contributed by atoms with Gasteiger partial charge >= 0.3 is 0 Å². The van der Waals surface area contributed by atoms with E-state index in [1.165, 1.54) is 18.2 Å². The minimum atomic E-state index is -0.440. The Hall–Kier alpha value is -1.17. The summed E-state index contributed by atoms with van der Waals surface area (Å²) in [6.45, 7) is 1.55. The Bertz CT molecular complexity index is 446. The molecule has 0 spiro atoms. The molecule has 1 atom stereocenters. The number of ether oxygens (including phenoxy) is 2. The first-order valence-corrected chi connectivity index (χ1v) is 6.67. The molecule has 1 heterocycles. The summed E-state index contributed by atoms with van der Waals surface area (Å²) in [4.78, 5) is 10.2. The molecule has 1 aromatic rings. The monoisotopic (exact) mass is 285 g/mol. The van der Waals surface area contributed by atoms with Crippen molar-refractivity contribution >= 4 is 17.3 Å². The van der Waals surface area contributed by atoms with Crippen LogP contribution in [0.5, 0.6) is 0 Å². The molecule has 1 unspecified atom stereocenters. The summed E-state index contributed by atoms with van der Waals surface area (Å²) in [7, 11) is 0. The van der Waals surface area contributed by atoms with Crippen LogP contribution in [0.3, 0.4) is 0 Å². The third-order valence-electron chi connectivity index (χ3n) is 3.08. The molecule has 1 aromatic carbocycles. The van der Waals surface area contributed by atoms with Crippen LogP contribution in [0.25, 0.3) is 0 Å². The zero-order valence-electron chi connectivity index (χ0n) is 10.5. The number of nitro benzene ring substituents is 1. The summed E-state index contributed by atoms with van der Waals surface area (Å²) in [5.41, 5.74) is 0.656. The van der Waals surface area contributed by atoms with Crippen molar-refractivity contribution in [3.8, 4) is 0 Å². The van der Waals surface area contributed by atoms with Gasteiger partial charge in [0.15, 0.2) is 0 Å². The highest BCUT2D eigenvalue weighted by atomic mass is 35.5. The van der Waals surface area contributed by atoms with Crippen LogP contribution in [0.4, 0.5) is 5.69 Å². The van der Waals surface area contributed by atoms with E-state index in [1.54, 1.807) is 0 Å². The predicted octanol–water partition coefficient (Wildman–Crippen LogP) is 3.33. The zero-order chi connectivity index (χ0) is 13.7. The summed E-state index contributed by atoms with van der Waals surface area (Å²) >= 11 is 5.99. The van der Waals surface area contributed by atoms with Crippen molar-refractivity contribution in [3.05, 3.63) is 38.9 Å². The Labute approximate surface area is 116 Å². The number of hydrogen-bond acceptors (Lipinski definition) is 4. The van der Waals surface area contributed by atoms with Gasteiger partial charge in [0.2, 0.25) is 0 Å². The Morgan fingerprint density at radius 2 is 2.32 bits per heavy atom. The Morgan fingerprint density at radius 3 is 3.00 bits per heavy atom. The molecular formula is C13H16ClNO4. The van der Waals surface area contributed by atoms with E-state index in [9.17, 15) is 10.1 Å². The van der Waals surface area contributed by atoms with Crippen LogP contribution in [-0.4, -0.2) is 24.2 Å². The van der Waals surface area contributed by atoms with Crippen molar-refractivity contribution in [1.82, 2.24) is 0 Å². The fourth-order valence-electron chi connectivity index (χ4n) is 2.02. The van der Waals surface area contributed by atoms with Gasteiger partial charge in [0.25, 0.3) is 5.69 Å². The Balaban J connectivity index is 1.87. The number of benzene rings is 1. The molecule has 5 nitrogen and oxygen atoms in total. The molecule has 0 radical (unpaired) electrons. The van der Waals surface area contributed by atoms with Crippen LogP contribution in [0.1, 0.15) is 24.8 Å². The van der Waals surface area contributed by atoms with E-state index in [0.717, 1.165) is 25.9 Å². The normalized spacial score (nSPS) is 19.3. The first-order chi connectivity index (χ1) is 9.16. The SMILES string of the molecule is O=[N+]([O-])c1ccc(Cl)c(COCC2CCCCO2)c1. The van der Waals surface area contributed by atoms with Gasteiger partial charge in [-0.3, -0.25) is 10.1 Å². The molecule has 0 amide bonds. The zero-order valence-corrected chi connectivity index (χ0v) is 11.3. The third-order valence-corrected chi connectivity index (χ3v) is 3.44. The van der Waals surface area contributed by atoms with Crippen LogP contribution in [0.15, 0.2) is 18.2 Å². The van der Waals surface area contributed by atoms with Crippen molar-refractivity contribution in [3.63, 3.8) is 0 Å². The van der Waals surface area contributed by atoms with Gasteiger partial charge in [-0.15, -0.1) is 0 Å². The molecule has 104 valence electrons. The van der Waals surface area contributed by atoms with Gasteiger partial charge in [0, 0.05) is 29.3 Å².